The monoisotopic (exact) mass is 354 g/mol. The van der Waals surface area contributed by atoms with Crippen molar-refractivity contribution in [2.45, 2.75) is 12.6 Å². The van der Waals surface area contributed by atoms with Crippen LogP contribution in [-0.2, 0) is 11.8 Å². The van der Waals surface area contributed by atoms with Crippen molar-refractivity contribution in [1.29, 1.82) is 0 Å². The van der Waals surface area contributed by atoms with Gasteiger partial charge in [0.05, 0.1) is 18.3 Å². The topological polar surface area (TPSA) is 75.9 Å². The van der Waals surface area contributed by atoms with Crippen molar-refractivity contribution in [3.63, 3.8) is 0 Å². The van der Waals surface area contributed by atoms with Crippen LogP contribution in [0.15, 0.2) is 36.8 Å². The third-order valence-corrected chi connectivity index (χ3v) is 4.45. The van der Waals surface area contributed by atoms with Crippen LogP contribution < -0.4 is 5.32 Å². The molecule has 1 aliphatic rings. The van der Waals surface area contributed by atoms with Crippen molar-refractivity contribution in [2.24, 2.45) is 7.05 Å². The summed E-state index contributed by atoms with van der Waals surface area (Å²) < 4.78 is 14.9. The van der Waals surface area contributed by atoms with Crippen molar-refractivity contribution < 1.29 is 9.18 Å². The van der Waals surface area contributed by atoms with Crippen molar-refractivity contribution in [1.82, 2.24) is 24.6 Å². The van der Waals surface area contributed by atoms with Gasteiger partial charge in [0, 0.05) is 43.5 Å². The van der Waals surface area contributed by atoms with Crippen LogP contribution in [0.3, 0.4) is 0 Å². The normalized spacial score (nSPS) is 17.7. The predicted octanol–water partition coefficient (Wildman–Crippen LogP) is 2.01. The zero-order valence-electron chi connectivity index (χ0n) is 14.4. The van der Waals surface area contributed by atoms with Gasteiger partial charge in [-0.25, -0.2) is 14.4 Å². The molecule has 0 bridgehead atoms. The lowest BCUT2D eigenvalue weighted by molar-refractivity contribution is -0.117. The maximum absolute atomic E-state index is 13.2. The molecule has 1 fully saturated rings. The summed E-state index contributed by atoms with van der Waals surface area (Å²) in [4.78, 5) is 22.6. The number of benzene rings is 1. The molecule has 1 N–H and O–H groups in total. The molecule has 4 rings (SSSR count). The number of aryl methyl sites for hydroxylation is 1. The molecule has 1 amide bonds. The molecule has 0 saturated carbocycles. The molecule has 8 heteroatoms. The number of rotatable bonds is 4. The second-order valence-electron chi connectivity index (χ2n) is 6.54. The lowest BCUT2D eigenvalue weighted by atomic mass is 10.1. The van der Waals surface area contributed by atoms with E-state index in [-0.39, 0.29) is 18.4 Å². The second kappa shape index (κ2) is 6.80. The number of carbonyl (C=O) groups is 1. The summed E-state index contributed by atoms with van der Waals surface area (Å²) in [6.07, 6.45) is 5.04. The molecule has 0 radical (unpaired) electrons. The van der Waals surface area contributed by atoms with E-state index < -0.39 is 6.17 Å². The fourth-order valence-electron chi connectivity index (χ4n) is 3.13. The van der Waals surface area contributed by atoms with Gasteiger partial charge in [-0.2, -0.15) is 5.10 Å². The lowest BCUT2D eigenvalue weighted by Gasteiger charge is -2.13. The summed E-state index contributed by atoms with van der Waals surface area (Å²) in [6.45, 7) is 1.06. The minimum Gasteiger partial charge on any atom is -0.293 e. The number of nitrogens with one attached hydrogen (secondary N) is 1. The first-order valence-corrected chi connectivity index (χ1v) is 8.49. The number of alkyl halides is 1. The highest BCUT2D eigenvalue weighted by Gasteiger charge is 2.23. The van der Waals surface area contributed by atoms with E-state index >= 15 is 0 Å². The maximum Gasteiger partial charge on any atom is 0.240 e. The van der Waals surface area contributed by atoms with Crippen LogP contribution in [0.1, 0.15) is 6.42 Å². The highest BCUT2D eigenvalue weighted by atomic mass is 19.1. The second-order valence-corrected chi connectivity index (χ2v) is 6.54. The van der Waals surface area contributed by atoms with E-state index in [9.17, 15) is 9.18 Å². The number of fused-ring (bicyclic) bond motifs is 1. The Hall–Kier alpha value is -2.87. The average molecular weight is 354 g/mol. The Bertz CT molecular complexity index is 956. The van der Waals surface area contributed by atoms with Gasteiger partial charge >= 0.3 is 0 Å². The number of anilines is 1. The Morgan fingerprint density at radius 3 is 2.96 bits per heavy atom. The molecule has 3 aromatic rings. The van der Waals surface area contributed by atoms with Crippen molar-refractivity contribution >= 4 is 22.8 Å². The SMILES string of the molecule is Cn1cc(-c2ccc3cnc(NC(=O)CN4CCC(F)C4)nc3c2)cn1. The first-order chi connectivity index (χ1) is 12.6. The largest absolute Gasteiger partial charge is 0.293 e. The number of aromatic nitrogens is 4. The Morgan fingerprint density at radius 1 is 1.35 bits per heavy atom. The van der Waals surface area contributed by atoms with E-state index in [1.807, 2.05) is 31.4 Å². The van der Waals surface area contributed by atoms with Gasteiger partial charge in [0.25, 0.3) is 0 Å². The van der Waals surface area contributed by atoms with Crippen LogP contribution >= 0.6 is 0 Å². The Balaban J connectivity index is 1.51. The highest BCUT2D eigenvalue weighted by Crippen LogP contribution is 2.23. The quantitative estimate of drug-likeness (QED) is 0.776. The van der Waals surface area contributed by atoms with E-state index in [0.717, 1.165) is 22.0 Å². The van der Waals surface area contributed by atoms with Crippen LogP contribution in [0.5, 0.6) is 0 Å². The predicted molar refractivity (Wildman–Crippen MR) is 96.3 cm³/mol. The Kier molecular flexibility index (Phi) is 4.34. The number of nitrogens with zero attached hydrogens (tertiary/aromatic N) is 5. The fourth-order valence-corrected chi connectivity index (χ4v) is 3.13. The molecule has 134 valence electrons. The first kappa shape index (κ1) is 16.6. The van der Waals surface area contributed by atoms with E-state index in [1.165, 1.54) is 0 Å². The number of carbonyl (C=O) groups excluding carboxylic acids is 1. The van der Waals surface area contributed by atoms with E-state index in [4.69, 9.17) is 0 Å². The third kappa shape index (κ3) is 3.55. The van der Waals surface area contributed by atoms with Crippen LogP contribution in [0, 0.1) is 0 Å². The molecule has 1 atom stereocenters. The maximum atomic E-state index is 13.2. The number of likely N-dealkylation sites (tertiary alicyclic amines) is 1. The Morgan fingerprint density at radius 2 is 2.23 bits per heavy atom. The number of amides is 1. The number of hydrogen-bond donors (Lipinski definition) is 1. The number of halogens is 1. The van der Waals surface area contributed by atoms with Gasteiger partial charge in [-0.15, -0.1) is 0 Å². The van der Waals surface area contributed by atoms with Gasteiger partial charge in [-0.3, -0.25) is 19.7 Å². The molecule has 26 heavy (non-hydrogen) atoms. The Labute approximate surface area is 149 Å². The van der Waals surface area contributed by atoms with Crippen LogP contribution in [-0.4, -0.2) is 56.4 Å². The summed E-state index contributed by atoms with van der Waals surface area (Å²) in [6, 6.07) is 5.87. The summed E-state index contributed by atoms with van der Waals surface area (Å²) in [5.41, 5.74) is 2.72. The fraction of sp³-hybridized carbons (Fsp3) is 0.333. The zero-order valence-corrected chi connectivity index (χ0v) is 14.4. The van der Waals surface area contributed by atoms with Crippen LogP contribution in [0.2, 0.25) is 0 Å². The molecule has 1 aromatic carbocycles. The van der Waals surface area contributed by atoms with Gasteiger partial charge in [-0.1, -0.05) is 12.1 Å². The lowest BCUT2D eigenvalue weighted by Crippen LogP contribution is -2.32. The minimum atomic E-state index is -0.842. The average Bonchev–Trinajstić information content (AvgIpc) is 3.22. The molecular formula is C18H19FN6O. The van der Waals surface area contributed by atoms with Gasteiger partial charge < -0.3 is 0 Å². The summed E-state index contributed by atoms with van der Waals surface area (Å²) in [5.74, 6) is 0.0173. The molecule has 1 aliphatic heterocycles. The summed E-state index contributed by atoms with van der Waals surface area (Å²) in [5, 5.41) is 7.76. The van der Waals surface area contributed by atoms with Gasteiger partial charge in [0.2, 0.25) is 11.9 Å². The molecular weight excluding hydrogens is 335 g/mol. The molecule has 0 aliphatic carbocycles. The summed E-state index contributed by atoms with van der Waals surface area (Å²) in [7, 11) is 1.87. The van der Waals surface area contributed by atoms with Gasteiger partial charge in [-0.05, 0) is 18.1 Å². The van der Waals surface area contributed by atoms with Gasteiger partial charge in [0.1, 0.15) is 6.17 Å². The molecule has 2 aromatic heterocycles. The third-order valence-electron chi connectivity index (χ3n) is 4.45. The minimum absolute atomic E-state index is 0.150. The highest BCUT2D eigenvalue weighted by molar-refractivity contribution is 5.92. The molecule has 1 saturated heterocycles. The molecule has 7 nitrogen and oxygen atoms in total. The van der Waals surface area contributed by atoms with E-state index in [1.54, 1.807) is 22.0 Å². The first-order valence-electron chi connectivity index (χ1n) is 8.49. The summed E-state index contributed by atoms with van der Waals surface area (Å²) >= 11 is 0. The van der Waals surface area contributed by atoms with Crippen molar-refractivity contribution in [3.8, 4) is 11.1 Å². The van der Waals surface area contributed by atoms with Crippen molar-refractivity contribution in [2.75, 3.05) is 25.0 Å². The van der Waals surface area contributed by atoms with E-state index in [2.05, 4.69) is 20.4 Å². The molecule has 3 heterocycles. The smallest absolute Gasteiger partial charge is 0.240 e. The van der Waals surface area contributed by atoms with Crippen LogP contribution in [0.4, 0.5) is 10.3 Å². The molecule has 0 spiro atoms. The van der Waals surface area contributed by atoms with E-state index in [0.29, 0.717) is 19.5 Å². The van der Waals surface area contributed by atoms with Crippen LogP contribution in [0.25, 0.3) is 22.0 Å². The standard InChI is InChI=1S/C18H19FN6O/c1-24-9-14(8-21-24)12-2-3-13-7-20-18(22-16(13)6-12)23-17(26)11-25-5-4-15(19)10-25/h2-3,6-9,15H,4-5,10-11H2,1H3,(H,20,22,23,26). The number of hydrogen-bond acceptors (Lipinski definition) is 5. The van der Waals surface area contributed by atoms with Gasteiger partial charge in [0.15, 0.2) is 0 Å². The zero-order chi connectivity index (χ0) is 18.1. The molecule has 1 unspecified atom stereocenters. The van der Waals surface area contributed by atoms with Crippen molar-refractivity contribution in [3.05, 3.63) is 36.8 Å².